The van der Waals surface area contributed by atoms with Gasteiger partial charge in [-0.3, -0.25) is 38.8 Å². The van der Waals surface area contributed by atoms with E-state index in [2.05, 4.69) is 67.2 Å². The van der Waals surface area contributed by atoms with Crippen molar-refractivity contribution in [3.05, 3.63) is 142 Å². The lowest BCUT2D eigenvalue weighted by atomic mass is 9.90. The molecule has 1 atom stereocenters. The number of aromatic nitrogens is 5. The van der Waals surface area contributed by atoms with Gasteiger partial charge in [0, 0.05) is 112 Å². The summed E-state index contributed by atoms with van der Waals surface area (Å²) in [6.07, 6.45) is 9.65. The number of nitrogens with one attached hydrogen (secondary N) is 2. The number of carbonyl (C=O) groups excluding carboxylic acids is 4. The first kappa shape index (κ1) is 51.1. The summed E-state index contributed by atoms with van der Waals surface area (Å²) < 4.78 is 3.56. The van der Waals surface area contributed by atoms with Gasteiger partial charge in [0.1, 0.15) is 11.5 Å². The Balaban J connectivity index is 0.765. The zero-order valence-corrected chi connectivity index (χ0v) is 44.5. The molecule has 0 unspecified atom stereocenters. The molecule has 1 aliphatic carbocycles. The fraction of sp³-hybridized carbons (Fsp3) is 0.379. The van der Waals surface area contributed by atoms with Gasteiger partial charge in [-0.25, -0.2) is 14.9 Å². The molecule has 11 rings (SSSR count). The van der Waals surface area contributed by atoms with Crippen LogP contribution in [0.3, 0.4) is 0 Å². The number of rotatable bonds is 12. The number of anilines is 7. The Labute approximate surface area is 447 Å². The Bertz CT molecular complexity index is 3480. The maximum absolute atomic E-state index is 14.1. The summed E-state index contributed by atoms with van der Waals surface area (Å²) in [5.74, 6) is -0.914. The molecule has 0 radical (unpaired) electrons. The number of piperazine rings is 1. The Hall–Kier alpha value is -8.00. The second kappa shape index (κ2) is 19.5. The maximum Gasteiger partial charge on any atom is 0.293 e. The van der Waals surface area contributed by atoms with Crippen LogP contribution in [0.2, 0.25) is 0 Å². The lowest BCUT2D eigenvalue weighted by Crippen LogP contribution is -2.57. The number of fused-ring (bicyclic) bond motifs is 4. The van der Waals surface area contributed by atoms with Crippen LogP contribution < -0.4 is 41.5 Å². The van der Waals surface area contributed by atoms with Gasteiger partial charge >= 0.3 is 0 Å². The molecule has 8 heterocycles. The number of aryl methyl sites for hydroxylation is 1. The molecular formula is C58H65N13O6. The van der Waals surface area contributed by atoms with Crippen LogP contribution in [0.4, 0.5) is 40.1 Å². The molecule has 398 valence electrons. The van der Waals surface area contributed by atoms with Crippen molar-refractivity contribution in [2.24, 2.45) is 18.2 Å². The van der Waals surface area contributed by atoms with Crippen molar-refractivity contribution in [1.29, 1.82) is 0 Å². The topological polar surface area (TPSA) is 220 Å². The lowest BCUT2D eigenvalue weighted by molar-refractivity contribution is -0.111. The molecule has 5 N–H and O–H groups in total. The summed E-state index contributed by atoms with van der Waals surface area (Å²) in [6.45, 7) is 18.5. The first-order chi connectivity index (χ1) is 36.8. The number of nitrogens with zero attached hydrogens (tertiary/aromatic N) is 10. The molecule has 5 aliphatic rings. The van der Waals surface area contributed by atoms with Crippen molar-refractivity contribution < 1.29 is 24.3 Å². The minimum Gasteiger partial charge on any atom is -0.392 e. The molecule has 6 aromatic rings. The summed E-state index contributed by atoms with van der Waals surface area (Å²) in [4.78, 5) is 91.8. The number of nitrogens with two attached hydrogens (primary N) is 1. The Morgan fingerprint density at radius 1 is 0.870 bits per heavy atom. The van der Waals surface area contributed by atoms with Gasteiger partial charge in [-0.05, 0) is 124 Å². The highest BCUT2D eigenvalue weighted by Crippen LogP contribution is 2.41. The second-order valence-corrected chi connectivity index (χ2v) is 22.4. The average molecular weight is 1040 g/mol. The van der Waals surface area contributed by atoms with E-state index in [9.17, 15) is 29.1 Å². The molecule has 4 aliphatic heterocycles. The predicted octanol–water partition coefficient (Wildman–Crippen LogP) is 6.36. The van der Waals surface area contributed by atoms with Crippen molar-refractivity contribution in [2.45, 2.75) is 91.1 Å². The standard InChI is InChI=1S/C58H65N13O6/c1-8-50(73)63-44-26-36(62-51-56(77)65(7)32-45(64-51)40-14-18-61-52(43(40)33-72)70-24-23-69-47(55(70)76)25-35-29-57(3,4)30-48(35)69)9-12-46(44)68-22-21-67(31-34(68)2)37-15-19-66(20-16-37)38-10-11-41-42(27-38)54(75)71(53(41)74)39-13-17-60-49(28-39)58(5,6)59/h8-14,17-18,25-28,32,34,37,72H,1,15-16,19-24,29-31,33,59H2,2-7H3,(H,62,64)(H,63,73)/t34-/m0/s1. The number of piperidine rings is 1. The average Bonchev–Trinajstić information content (AvgIpc) is 4.12. The van der Waals surface area contributed by atoms with Gasteiger partial charge in [0.25, 0.3) is 23.3 Å². The summed E-state index contributed by atoms with van der Waals surface area (Å²) in [6, 6.07) is 18.6. The van der Waals surface area contributed by atoms with Gasteiger partial charge in [0.15, 0.2) is 5.82 Å². The largest absolute Gasteiger partial charge is 0.392 e. The van der Waals surface area contributed by atoms with Crippen LogP contribution >= 0.6 is 0 Å². The predicted molar refractivity (Wildman–Crippen MR) is 297 cm³/mol. The molecule has 2 fully saturated rings. The van der Waals surface area contributed by atoms with Crippen molar-refractivity contribution in [2.75, 3.05) is 69.5 Å². The third-order valence-corrected chi connectivity index (χ3v) is 16.0. The molecule has 2 saturated heterocycles. The molecule has 77 heavy (non-hydrogen) atoms. The van der Waals surface area contributed by atoms with E-state index in [-0.39, 0.29) is 40.9 Å². The van der Waals surface area contributed by atoms with E-state index in [1.807, 2.05) is 44.2 Å². The van der Waals surface area contributed by atoms with Crippen LogP contribution in [0.5, 0.6) is 0 Å². The molecule has 19 heteroatoms. The zero-order valence-electron chi connectivity index (χ0n) is 44.5. The number of aliphatic hydroxyl groups excluding tert-OH is 1. The third kappa shape index (κ3) is 9.35. The number of pyridine rings is 2. The Kier molecular flexibility index (Phi) is 13.0. The normalized spacial score (nSPS) is 18.6. The monoisotopic (exact) mass is 1040 g/mol. The van der Waals surface area contributed by atoms with Crippen LogP contribution in [-0.2, 0) is 43.4 Å². The fourth-order valence-corrected chi connectivity index (χ4v) is 12.1. The number of benzene rings is 2. The number of carbonyl (C=O) groups is 4. The van der Waals surface area contributed by atoms with Crippen LogP contribution in [0.15, 0.2) is 96.7 Å². The minimum atomic E-state index is -0.743. The van der Waals surface area contributed by atoms with E-state index in [0.29, 0.717) is 87.9 Å². The van der Waals surface area contributed by atoms with Crippen molar-refractivity contribution >= 4 is 63.7 Å². The molecule has 4 amide bonds. The lowest BCUT2D eigenvalue weighted by Gasteiger charge is -2.47. The maximum atomic E-state index is 14.1. The summed E-state index contributed by atoms with van der Waals surface area (Å²) in [5, 5.41) is 17.1. The summed E-state index contributed by atoms with van der Waals surface area (Å²) >= 11 is 0. The molecule has 4 aromatic heterocycles. The molecule has 0 spiro atoms. The van der Waals surface area contributed by atoms with E-state index in [1.165, 1.54) is 26.8 Å². The summed E-state index contributed by atoms with van der Waals surface area (Å²) in [7, 11) is 1.63. The van der Waals surface area contributed by atoms with Gasteiger partial charge in [-0.15, -0.1) is 0 Å². The van der Waals surface area contributed by atoms with Gasteiger partial charge in [-0.2, -0.15) is 0 Å². The highest BCUT2D eigenvalue weighted by molar-refractivity contribution is 6.34. The quantitative estimate of drug-likeness (QED) is 0.0775. The highest BCUT2D eigenvalue weighted by Gasteiger charge is 2.40. The van der Waals surface area contributed by atoms with E-state index in [4.69, 9.17) is 10.7 Å². The van der Waals surface area contributed by atoms with Gasteiger partial charge in [0.2, 0.25) is 5.91 Å². The van der Waals surface area contributed by atoms with E-state index in [0.717, 1.165) is 63.2 Å². The van der Waals surface area contributed by atoms with Crippen molar-refractivity contribution in [3.63, 3.8) is 0 Å². The van der Waals surface area contributed by atoms with Gasteiger partial charge in [-0.1, -0.05) is 20.4 Å². The minimum absolute atomic E-state index is 0.0248. The second-order valence-electron chi connectivity index (χ2n) is 22.4. The SMILES string of the molecule is C=CC(=O)Nc1cc(Nc2nc(-c3ccnc(N4CCn5c(cc6c5CC(C)(C)C6)C4=O)c3CO)cn(C)c2=O)ccc1N1CCN(C2CCN(c3ccc4c(c3)C(=O)N(c3ccnc(C(C)(C)N)c3)C4=O)CC2)C[C@@H]1C. The highest BCUT2D eigenvalue weighted by atomic mass is 16.3. The Morgan fingerprint density at radius 2 is 1.64 bits per heavy atom. The van der Waals surface area contributed by atoms with Crippen LogP contribution in [0.1, 0.15) is 101 Å². The summed E-state index contributed by atoms with van der Waals surface area (Å²) in [5.41, 5.74) is 14.3. The van der Waals surface area contributed by atoms with Gasteiger partial charge in [0.05, 0.1) is 51.7 Å². The van der Waals surface area contributed by atoms with Crippen molar-refractivity contribution in [1.82, 2.24) is 29.0 Å². The van der Waals surface area contributed by atoms with Crippen LogP contribution in [0, 0.1) is 5.41 Å². The Morgan fingerprint density at radius 3 is 2.38 bits per heavy atom. The van der Waals surface area contributed by atoms with Crippen LogP contribution in [-0.4, -0.2) is 109 Å². The molecule has 0 bridgehead atoms. The number of amides is 4. The number of hydrogen-bond acceptors (Lipinski definition) is 14. The molecular weight excluding hydrogens is 975 g/mol. The first-order valence-electron chi connectivity index (χ1n) is 26.4. The fourth-order valence-electron chi connectivity index (χ4n) is 12.1. The van der Waals surface area contributed by atoms with E-state index < -0.39 is 17.7 Å². The zero-order chi connectivity index (χ0) is 54.2. The number of imide groups is 1. The number of hydrogen-bond donors (Lipinski definition) is 4. The first-order valence-corrected chi connectivity index (χ1v) is 26.4. The molecule has 19 nitrogen and oxygen atoms in total. The van der Waals surface area contributed by atoms with Gasteiger partial charge < -0.3 is 40.4 Å². The molecule has 0 saturated carbocycles. The van der Waals surface area contributed by atoms with E-state index in [1.54, 1.807) is 60.9 Å². The van der Waals surface area contributed by atoms with Crippen LogP contribution in [0.25, 0.3) is 11.3 Å². The van der Waals surface area contributed by atoms with E-state index >= 15 is 0 Å². The smallest absolute Gasteiger partial charge is 0.293 e. The van der Waals surface area contributed by atoms with Crippen molar-refractivity contribution in [3.8, 4) is 11.3 Å². The molecule has 2 aromatic carbocycles. The third-order valence-electron chi connectivity index (χ3n) is 16.0. The number of aliphatic hydroxyl groups is 1.